The first-order valence-corrected chi connectivity index (χ1v) is 10.8. The SMILES string of the molecule is CCC1(N2CCOCC2)CCN(C(=O)N[C@@H]2C[C@H]2C2CCNCC2)CC1. The van der Waals surface area contributed by atoms with Crippen LogP contribution >= 0.6 is 0 Å². The summed E-state index contributed by atoms with van der Waals surface area (Å²) in [6.07, 6.45) is 7.11. The van der Waals surface area contributed by atoms with Gasteiger partial charge in [0, 0.05) is 37.8 Å². The Balaban J connectivity index is 1.24. The van der Waals surface area contributed by atoms with Crippen molar-refractivity contribution in [3.8, 4) is 0 Å². The molecule has 0 spiro atoms. The molecule has 26 heavy (non-hydrogen) atoms. The quantitative estimate of drug-likeness (QED) is 0.797. The van der Waals surface area contributed by atoms with Gasteiger partial charge in [0.05, 0.1) is 13.2 Å². The van der Waals surface area contributed by atoms with Gasteiger partial charge in [-0.05, 0) is 63.5 Å². The highest BCUT2D eigenvalue weighted by molar-refractivity contribution is 5.75. The third kappa shape index (κ3) is 3.87. The molecule has 3 aliphatic heterocycles. The van der Waals surface area contributed by atoms with Crippen LogP contribution in [0.4, 0.5) is 4.79 Å². The summed E-state index contributed by atoms with van der Waals surface area (Å²) in [5, 5.41) is 6.77. The van der Waals surface area contributed by atoms with Crippen molar-refractivity contribution < 1.29 is 9.53 Å². The van der Waals surface area contributed by atoms with Crippen molar-refractivity contribution in [3.63, 3.8) is 0 Å². The topological polar surface area (TPSA) is 56.8 Å². The summed E-state index contributed by atoms with van der Waals surface area (Å²) in [7, 11) is 0. The van der Waals surface area contributed by atoms with Crippen molar-refractivity contribution in [2.24, 2.45) is 11.8 Å². The van der Waals surface area contributed by atoms with E-state index in [9.17, 15) is 4.79 Å². The van der Waals surface area contributed by atoms with Crippen molar-refractivity contribution >= 4 is 6.03 Å². The maximum Gasteiger partial charge on any atom is 0.317 e. The average molecular weight is 365 g/mol. The number of rotatable bonds is 4. The number of likely N-dealkylation sites (tertiary alicyclic amines) is 1. The number of carbonyl (C=O) groups is 1. The molecule has 3 saturated heterocycles. The lowest BCUT2D eigenvalue weighted by Crippen LogP contribution is -2.59. The summed E-state index contributed by atoms with van der Waals surface area (Å²) in [5.74, 6) is 1.55. The monoisotopic (exact) mass is 364 g/mol. The molecule has 2 N–H and O–H groups in total. The minimum Gasteiger partial charge on any atom is -0.379 e. The zero-order chi connectivity index (χ0) is 18.0. The van der Waals surface area contributed by atoms with Gasteiger partial charge in [-0.3, -0.25) is 4.90 Å². The van der Waals surface area contributed by atoms with E-state index in [2.05, 4.69) is 27.4 Å². The van der Waals surface area contributed by atoms with Crippen LogP contribution in [-0.2, 0) is 4.74 Å². The van der Waals surface area contributed by atoms with Crippen molar-refractivity contribution in [1.29, 1.82) is 0 Å². The lowest BCUT2D eigenvalue weighted by Gasteiger charge is -2.49. The Hall–Kier alpha value is -0.850. The fourth-order valence-electron chi connectivity index (χ4n) is 5.48. The van der Waals surface area contributed by atoms with Crippen LogP contribution in [0.25, 0.3) is 0 Å². The highest BCUT2D eigenvalue weighted by Crippen LogP contribution is 2.41. The van der Waals surface area contributed by atoms with Crippen LogP contribution in [0.2, 0.25) is 0 Å². The standard InChI is InChI=1S/C20H36N4O2/c1-2-20(24-11-13-26-14-12-24)5-9-23(10-6-20)19(25)22-18-15-17(18)16-3-7-21-8-4-16/h16-18,21H,2-15H2,1H3,(H,22,25)/t17-,18+/m0/s1. The molecular weight excluding hydrogens is 328 g/mol. The van der Waals surface area contributed by atoms with Gasteiger partial charge in [-0.15, -0.1) is 0 Å². The van der Waals surface area contributed by atoms with E-state index in [1.54, 1.807) is 0 Å². The average Bonchev–Trinajstić information content (AvgIpc) is 3.48. The van der Waals surface area contributed by atoms with Crippen LogP contribution in [-0.4, -0.2) is 79.9 Å². The maximum absolute atomic E-state index is 12.7. The van der Waals surface area contributed by atoms with Crippen molar-refractivity contribution in [1.82, 2.24) is 20.4 Å². The van der Waals surface area contributed by atoms with Gasteiger partial charge in [0.15, 0.2) is 0 Å². The molecule has 1 aliphatic carbocycles. The first kappa shape index (κ1) is 18.5. The Bertz CT molecular complexity index is 480. The summed E-state index contributed by atoms with van der Waals surface area (Å²) in [6, 6.07) is 0.612. The molecule has 2 amide bonds. The number of hydrogen-bond acceptors (Lipinski definition) is 4. The number of morpholine rings is 1. The van der Waals surface area contributed by atoms with E-state index in [4.69, 9.17) is 4.74 Å². The van der Waals surface area contributed by atoms with E-state index in [-0.39, 0.29) is 11.6 Å². The molecule has 4 aliphatic rings. The molecule has 4 fully saturated rings. The minimum absolute atomic E-state index is 0.179. The van der Waals surface area contributed by atoms with Crippen LogP contribution in [0.5, 0.6) is 0 Å². The maximum atomic E-state index is 12.7. The van der Waals surface area contributed by atoms with E-state index in [1.807, 2.05) is 0 Å². The number of hydrogen-bond donors (Lipinski definition) is 2. The molecule has 148 valence electrons. The van der Waals surface area contributed by atoms with Gasteiger partial charge in [0.25, 0.3) is 0 Å². The summed E-state index contributed by atoms with van der Waals surface area (Å²) < 4.78 is 5.53. The predicted molar refractivity (Wildman–Crippen MR) is 102 cm³/mol. The van der Waals surface area contributed by atoms with Crippen LogP contribution < -0.4 is 10.6 Å². The van der Waals surface area contributed by atoms with Gasteiger partial charge in [-0.25, -0.2) is 4.79 Å². The van der Waals surface area contributed by atoms with E-state index >= 15 is 0 Å². The number of nitrogens with one attached hydrogen (secondary N) is 2. The van der Waals surface area contributed by atoms with Crippen molar-refractivity contribution in [3.05, 3.63) is 0 Å². The summed E-state index contributed by atoms with van der Waals surface area (Å²) in [6.45, 7) is 10.2. The molecule has 0 unspecified atom stereocenters. The van der Waals surface area contributed by atoms with Gasteiger partial charge in [0.1, 0.15) is 0 Å². The molecule has 0 bridgehead atoms. The molecule has 1 saturated carbocycles. The normalized spacial score (nSPS) is 33.0. The Morgan fingerprint density at radius 2 is 1.85 bits per heavy atom. The van der Waals surface area contributed by atoms with Crippen LogP contribution in [0.3, 0.4) is 0 Å². The highest BCUT2D eigenvalue weighted by Gasteiger charge is 2.45. The number of nitrogens with zero attached hydrogens (tertiary/aromatic N) is 2. The lowest BCUT2D eigenvalue weighted by atomic mass is 9.83. The number of urea groups is 1. The Morgan fingerprint density at radius 1 is 1.15 bits per heavy atom. The van der Waals surface area contributed by atoms with Crippen LogP contribution in [0.1, 0.15) is 45.4 Å². The highest BCUT2D eigenvalue weighted by atomic mass is 16.5. The number of piperidine rings is 2. The first-order chi connectivity index (χ1) is 12.7. The Labute approximate surface area is 158 Å². The third-order valence-electron chi connectivity index (χ3n) is 7.46. The molecule has 4 rings (SSSR count). The predicted octanol–water partition coefficient (Wildman–Crippen LogP) is 1.66. The molecule has 0 aromatic rings. The molecule has 0 radical (unpaired) electrons. The van der Waals surface area contributed by atoms with Crippen molar-refractivity contribution in [2.75, 3.05) is 52.5 Å². The zero-order valence-corrected chi connectivity index (χ0v) is 16.3. The van der Waals surface area contributed by atoms with Crippen LogP contribution in [0, 0.1) is 11.8 Å². The molecule has 6 heteroatoms. The molecule has 2 atom stereocenters. The molecular formula is C20H36N4O2. The summed E-state index contributed by atoms with van der Waals surface area (Å²) >= 11 is 0. The second-order valence-electron chi connectivity index (χ2n) is 8.71. The molecule has 6 nitrogen and oxygen atoms in total. The van der Waals surface area contributed by atoms with Gasteiger partial charge < -0.3 is 20.3 Å². The van der Waals surface area contributed by atoms with Gasteiger partial charge in [0.2, 0.25) is 0 Å². The van der Waals surface area contributed by atoms with E-state index in [0.29, 0.717) is 6.04 Å². The fraction of sp³-hybridized carbons (Fsp3) is 0.950. The second kappa shape index (κ2) is 8.03. The van der Waals surface area contributed by atoms with Gasteiger partial charge in [-0.2, -0.15) is 0 Å². The number of carbonyl (C=O) groups excluding carboxylic acids is 1. The first-order valence-electron chi connectivity index (χ1n) is 10.8. The largest absolute Gasteiger partial charge is 0.379 e. The molecule has 3 heterocycles. The van der Waals surface area contributed by atoms with Crippen LogP contribution in [0.15, 0.2) is 0 Å². The number of amides is 2. The van der Waals surface area contributed by atoms with E-state index < -0.39 is 0 Å². The molecule has 0 aromatic heterocycles. The number of ether oxygens (including phenoxy) is 1. The van der Waals surface area contributed by atoms with Gasteiger partial charge >= 0.3 is 6.03 Å². The summed E-state index contributed by atoms with van der Waals surface area (Å²) in [5.41, 5.74) is 0.276. The zero-order valence-electron chi connectivity index (χ0n) is 16.3. The van der Waals surface area contributed by atoms with Crippen molar-refractivity contribution in [2.45, 2.75) is 57.0 Å². The Morgan fingerprint density at radius 3 is 2.50 bits per heavy atom. The summed E-state index contributed by atoms with van der Waals surface area (Å²) in [4.78, 5) is 17.4. The lowest BCUT2D eigenvalue weighted by molar-refractivity contribution is -0.0453. The fourth-order valence-corrected chi connectivity index (χ4v) is 5.48. The molecule has 0 aromatic carbocycles. The third-order valence-corrected chi connectivity index (χ3v) is 7.46. The van der Waals surface area contributed by atoms with E-state index in [1.165, 1.54) is 25.7 Å². The smallest absolute Gasteiger partial charge is 0.317 e. The second-order valence-corrected chi connectivity index (χ2v) is 8.71. The Kier molecular flexibility index (Phi) is 5.72. The van der Waals surface area contributed by atoms with Gasteiger partial charge in [-0.1, -0.05) is 6.92 Å². The van der Waals surface area contributed by atoms with E-state index in [0.717, 1.165) is 77.2 Å². The minimum atomic E-state index is 0.179.